The SMILES string of the molecule is C[C@@H]1CCc2c(sc3ncnc(S[C@H](C)C#N)c23)C1. The van der Waals surface area contributed by atoms with Crippen molar-refractivity contribution in [3.05, 3.63) is 16.8 Å². The van der Waals surface area contributed by atoms with Gasteiger partial charge >= 0.3 is 0 Å². The molecule has 0 amide bonds. The number of nitrogens with zero attached hydrogens (tertiary/aromatic N) is 3. The first-order valence-corrected chi connectivity index (χ1v) is 8.20. The summed E-state index contributed by atoms with van der Waals surface area (Å²) >= 11 is 3.35. The minimum Gasteiger partial charge on any atom is -0.229 e. The van der Waals surface area contributed by atoms with Crippen LogP contribution in [0.3, 0.4) is 0 Å². The molecule has 2 heterocycles. The first-order valence-electron chi connectivity index (χ1n) is 6.50. The number of nitriles is 1. The van der Waals surface area contributed by atoms with Crippen LogP contribution >= 0.6 is 23.1 Å². The Kier molecular flexibility index (Phi) is 3.46. The quantitative estimate of drug-likeness (QED) is 0.623. The molecule has 1 aliphatic rings. The Morgan fingerprint density at radius 2 is 2.37 bits per heavy atom. The second-order valence-electron chi connectivity index (χ2n) is 5.10. The highest BCUT2D eigenvalue weighted by molar-refractivity contribution is 8.00. The Bertz CT molecular complexity index is 656. The summed E-state index contributed by atoms with van der Waals surface area (Å²) in [5.41, 5.74) is 1.44. The van der Waals surface area contributed by atoms with E-state index in [0.717, 1.165) is 28.6 Å². The van der Waals surface area contributed by atoms with E-state index in [9.17, 15) is 0 Å². The summed E-state index contributed by atoms with van der Waals surface area (Å²) in [6.07, 6.45) is 5.15. The van der Waals surface area contributed by atoms with E-state index in [-0.39, 0.29) is 5.25 Å². The number of hydrogen-bond donors (Lipinski definition) is 0. The molecule has 0 fully saturated rings. The number of thioether (sulfide) groups is 1. The van der Waals surface area contributed by atoms with Crippen LogP contribution < -0.4 is 0 Å². The average molecular weight is 289 g/mol. The summed E-state index contributed by atoms with van der Waals surface area (Å²) in [6.45, 7) is 4.23. The van der Waals surface area contributed by atoms with Crippen LogP contribution in [0.2, 0.25) is 0 Å². The van der Waals surface area contributed by atoms with E-state index in [2.05, 4.69) is 23.0 Å². The molecule has 2 atom stereocenters. The van der Waals surface area contributed by atoms with E-state index in [1.807, 2.05) is 6.92 Å². The smallest absolute Gasteiger partial charge is 0.128 e. The number of thiophene rings is 1. The van der Waals surface area contributed by atoms with Crippen LogP contribution in [0.25, 0.3) is 10.2 Å². The minimum atomic E-state index is -0.0730. The maximum atomic E-state index is 8.98. The van der Waals surface area contributed by atoms with Crippen LogP contribution in [0, 0.1) is 17.2 Å². The third-order valence-electron chi connectivity index (χ3n) is 3.53. The molecule has 2 aromatic heterocycles. The summed E-state index contributed by atoms with van der Waals surface area (Å²) < 4.78 is 0. The van der Waals surface area contributed by atoms with Gasteiger partial charge in [0.1, 0.15) is 16.2 Å². The van der Waals surface area contributed by atoms with Gasteiger partial charge in [0.2, 0.25) is 0 Å². The number of aryl methyl sites for hydroxylation is 1. The van der Waals surface area contributed by atoms with Crippen LogP contribution in [0.1, 0.15) is 30.7 Å². The molecule has 0 radical (unpaired) electrons. The van der Waals surface area contributed by atoms with E-state index in [1.54, 1.807) is 29.4 Å². The predicted molar refractivity (Wildman–Crippen MR) is 79.5 cm³/mol. The lowest BCUT2D eigenvalue weighted by molar-refractivity contribution is 0.509. The molecule has 0 spiro atoms. The van der Waals surface area contributed by atoms with Gasteiger partial charge in [0.25, 0.3) is 0 Å². The Hall–Kier alpha value is -1.12. The second-order valence-corrected chi connectivity index (χ2v) is 7.51. The molecular weight excluding hydrogens is 274 g/mol. The molecule has 19 heavy (non-hydrogen) atoms. The zero-order valence-corrected chi connectivity index (χ0v) is 12.6. The lowest BCUT2D eigenvalue weighted by Crippen LogP contribution is -2.08. The molecule has 0 N–H and O–H groups in total. The van der Waals surface area contributed by atoms with Crippen molar-refractivity contribution >= 4 is 33.3 Å². The number of aromatic nitrogens is 2. The maximum absolute atomic E-state index is 8.98. The van der Waals surface area contributed by atoms with Gasteiger partial charge in [-0.1, -0.05) is 18.7 Å². The van der Waals surface area contributed by atoms with Crippen molar-refractivity contribution in [2.45, 2.75) is 43.4 Å². The first kappa shape index (κ1) is 12.9. The normalized spacial score (nSPS) is 19.9. The van der Waals surface area contributed by atoms with Crippen molar-refractivity contribution in [1.29, 1.82) is 5.26 Å². The predicted octanol–water partition coefficient (Wildman–Crippen LogP) is 3.82. The highest BCUT2D eigenvalue weighted by Gasteiger charge is 2.23. The number of rotatable bonds is 2. The standard InChI is InChI=1S/C14H15N3S2/c1-8-3-4-10-11(5-8)19-14-12(10)13(16-7-17-14)18-9(2)6-15/h7-9H,3-5H2,1-2H3/t8-,9-/m1/s1. The van der Waals surface area contributed by atoms with Gasteiger partial charge in [-0.3, -0.25) is 0 Å². The highest BCUT2D eigenvalue weighted by atomic mass is 32.2. The van der Waals surface area contributed by atoms with Crippen molar-refractivity contribution in [3.8, 4) is 6.07 Å². The summed E-state index contributed by atoms with van der Waals surface area (Å²) in [6, 6.07) is 2.26. The van der Waals surface area contributed by atoms with Gasteiger partial charge in [0.15, 0.2) is 0 Å². The number of hydrogen-bond acceptors (Lipinski definition) is 5. The van der Waals surface area contributed by atoms with Gasteiger partial charge < -0.3 is 0 Å². The fourth-order valence-electron chi connectivity index (χ4n) is 2.53. The average Bonchev–Trinajstić information content (AvgIpc) is 2.76. The van der Waals surface area contributed by atoms with Crippen LogP contribution in [0.15, 0.2) is 11.4 Å². The summed E-state index contributed by atoms with van der Waals surface area (Å²) in [5.74, 6) is 0.766. The molecule has 2 aromatic rings. The van der Waals surface area contributed by atoms with Crippen LogP contribution in [-0.4, -0.2) is 15.2 Å². The van der Waals surface area contributed by atoms with Crippen LogP contribution in [0.5, 0.6) is 0 Å². The fraction of sp³-hybridized carbons (Fsp3) is 0.500. The van der Waals surface area contributed by atoms with Crippen molar-refractivity contribution in [2.24, 2.45) is 5.92 Å². The molecule has 3 nitrogen and oxygen atoms in total. The van der Waals surface area contributed by atoms with Gasteiger partial charge in [0, 0.05) is 10.3 Å². The molecule has 1 aliphatic carbocycles. The Labute approximate surface area is 121 Å². The summed E-state index contributed by atoms with van der Waals surface area (Å²) in [7, 11) is 0. The lowest BCUT2D eigenvalue weighted by Gasteiger charge is -2.18. The zero-order valence-electron chi connectivity index (χ0n) is 11.0. The molecule has 0 aromatic carbocycles. The van der Waals surface area contributed by atoms with Gasteiger partial charge in [0.05, 0.1) is 11.3 Å². The lowest BCUT2D eigenvalue weighted by atomic mass is 9.89. The maximum Gasteiger partial charge on any atom is 0.128 e. The molecular formula is C14H15N3S2. The Morgan fingerprint density at radius 1 is 1.53 bits per heavy atom. The van der Waals surface area contributed by atoms with Gasteiger partial charge in [-0.05, 0) is 37.7 Å². The largest absolute Gasteiger partial charge is 0.229 e. The van der Waals surface area contributed by atoms with Crippen molar-refractivity contribution in [1.82, 2.24) is 9.97 Å². The molecule has 98 valence electrons. The molecule has 5 heteroatoms. The molecule has 0 aliphatic heterocycles. The molecule has 3 rings (SSSR count). The van der Waals surface area contributed by atoms with E-state index >= 15 is 0 Å². The van der Waals surface area contributed by atoms with Crippen molar-refractivity contribution in [3.63, 3.8) is 0 Å². The van der Waals surface area contributed by atoms with E-state index < -0.39 is 0 Å². The van der Waals surface area contributed by atoms with Crippen LogP contribution in [-0.2, 0) is 12.8 Å². The zero-order chi connectivity index (χ0) is 13.4. The van der Waals surface area contributed by atoms with E-state index in [0.29, 0.717) is 0 Å². The first-order chi connectivity index (χ1) is 9.19. The molecule has 0 bridgehead atoms. The molecule has 0 saturated heterocycles. The minimum absolute atomic E-state index is 0.0730. The third-order valence-corrected chi connectivity index (χ3v) is 5.68. The Morgan fingerprint density at radius 3 is 3.16 bits per heavy atom. The fourth-order valence-corrected chi connectivity index (χ4v) is 4.78. The van der Waals surface area contributed by atoms with Gasteiger partial charge in [-0.2, -0.15) is 5.26 Å². The van der Waals surface area contributed by atoms with Gasteiger partial charge in [-0.25, -0.2) is 9.97 Å². The molecule has 0 unspecified atom stereocenters. The topological polar surface area (TPSA) is 49.6 Å². The number of fused-ring (bicyclic) bond motifs is 3. The Balaban J connectivity index is 2.11. The molecule has 0 saturated carbocycles. The third kappa shape index (κ3) is 2.35. The van der Waals surface area contributed by atoms with Crippen LogP contribution in [0.4, 0.5) is 0 Å². The second kappa shape index (κ2) is 5.10. The van der Waals surface area contributed by atoms with Crippen molar-refractivity contribution in [2.75, 3.05) is 0 Å². The van der Waals surface area contributed by atoms with Crippen molar-refractivity contribution < 1.29 is 0 Å². The highest BCUT2D eigenvalue weighted by Crippen LogP contribution is 2.41. The monoisotopic (exact) mass is 289 g/mol. The van der Waals surface area contributed by atoms with E-state index in [1.165, 1.54) is 22.2 Å². The van der Waals surface area contributed by atoms with E-state index in [4.69, 9.17) is 5.26 Å². The van der Waals surface area contributed by atoms with Gasteiger partial charge in [-0.15, -0.1) is 11.3 Å². The summed E-state index contributed by atoms with van der Waals surface area (Å²) in [4.78, 5) is 11.4. The summed E-state index contributed by atoms with van der Waals surface area (Å²) in [5, 5.41) is 11.1.